The van der Waals surface area contributed by atoms with Crippen molar-refractivity contribution in [2.45, 2.75) is 32.7 Å². The number of pyridine rings is 1. The number of nitrogens with one attached hydrogen (secondary N) is 1. The predicted molar refractivity (Wildman–Crippen MR) is 74.5 cm³/mol. The third-order valence-corrected chi connectivity index (χ3v) is 2.85. The van der Waals surface area contributed by atoms with Crippen LogP contribution in [0.2, 0.25) is 0 Å². The molecular weight excluding hydrogens is 312 g/mol. The van der Waals surface area contributed by atoms with Crippen molar-refractivity contribution in [3.63, 3.8) is 0 Å². The number of rotatable bonds is 5. The van der Waals surface area contributed by atoms with Crippen molar-refractivity contribution in [1.29, 1.82) is 0 Å². The Morgan fingerprint density at radius 3 is 2.74 bits per heavy atom. The number of amides is 1. The van der Waals surface area contributed by atoms with Crippen molar-refractivity contribution in [3.8, 4) is 0 Å². The van der Waals surface area contributed by atoms with Crippen LogP contribution in [0.5, 0.6) is 0 Å². The molecule has 1 heterocycles. The van der Waals surface area contributed by atoms with Crippen molar-refractivity contribution in [2.24, 2.45) is 0 Å². The Morgan fingerprint density at radius 1 is 1.47 bits per heavy atom. The Labute approximate surface area is 120 Å². The van der Waals surface area contributed by atoms with Gasteiger partial charge in [0.2, 0.25) is 5.91 Å². The minimum Gasteiger partial charge on any atom is -0.464 e. The lowest BCUT2D eigenvalue weighted by Gasteiger charge is -2.23. The van der Waals surface area contributed by atoms with E-state index >= 15 is 0 Å². The van der Waals surface area contributed by atoms with Crippen molar-refractivity contribution in [2.75, 3.05) is 6.61 Å². The number of hydrogen-bond acceptors (Lipinski definition) is 4. The molecule has 1 N–H and O–H groups in total. The zero-order valence-corrected chi connectivity index (χ0v) is 12.8. The van der Waals surface area contributed by atoms with Gasteiger partial charge < -0.3 is 10.1 Å². The van der Waals surface area contributed by atoms with Crippen LogP contribution >= 0.6 is 15.9 Å². The van der Waals surface area contributed by atoms with Crippen LogP contribution in [0.1, 0.15) is 26.5 Å². The van der Waals surface area contributed by atoms with Gasteiger partial charge in [0.25, 0.3) is 0 Å². The molecule has 0 radical (unpaired) electrons. The van der Waals surface area contributed by atoms with E-state index in [1.807, 2.05) is 0 Å². The first-order valence-corrected chi connectivity index (χ1v) is 6.73. The van der Waals surface area contributed by atoms with Gasteiger partial charge in [-0.15, -0.1) is 0 Å². The summed E-state index contributed by atoms with van der Waals surface area (Å²) in [6.45, 7) is 5.22. The molecule has 0 saturated carbocycles. The van der Waals surface area contributed by atoms with Crippen LogP contribution in [0, 0.1) is 0 Å². The van der Waals surface area contributed by atoms with Gasteiger partial charge in [-0.25, -0.2) is 4.79 Å². The largest absolute Gasteiger partial charge is 0.464 e. The van der Waals surface area contributed by atoms with Gasteiger partial charge in [-0.1, -0.05) is 15.9 Å². The number of aromatic nitrogens is 1. The SMILES string of the molecule is CCOC(=O)C(C)(C)NC(=O)Cc1cc(Br)ccn1. The average Bonchev–Trinajstić information content (AvgIpc) is 2.28. The number of ether oxygens (including phenoxy) is 1. The number of hydrogen-bond donors (Lipinski definition) is 1. The van der Waals surface area contributed by atoms with Gasteiger partial charge in [-0.3, -0.25) is 9.78 Å². The maximum absolute atomic E-state index is 11.9. The van der Waals surface area contributed by atoms with E-state index in [9.17, 15) is 9.59 Å². The minimum absolute atomic E-state index is 0.113. The third-order valence-electron chi connectivity index (χ3n) is 2.36. The molecule has 0 saturated heterocycles. The molecule has 0 bridgehead atoms. The average molecular weight is 329 g/mol. The molecular formula is C13H17BrN2O3. The molecule has 0 spiro atoms. The molecule has 0 aromatic carbocycles. The van der Waals surface area contributed by atoms with Crippen LogP contribution in [0.15, 0.2) is 22.8 Å². The normalized spacial score (nSPS) is 10.9. The van der Waals surface area contributed by atoms with E-state index in [2.05, 4.69) is 26.2 Å². The standard InChI is InChI=1S/C13H17BrN2O3/c1-4-19-12(18)13(2,3)16-11(17)8-10-7-9(14)5-6-15-10/h5-7H,4,8H2,1-3H3,(H,16,17). The first-order chi connectivity index (χ1) is 8.85. The van der Waals surface area contributed by atoms with Crippen LogP contribution in [0.25, 0.3) is 0 Å². The van der Waals surface area contributed by atoms with E-state index in [4.69, 9.17) is 4.74 Å². The van der Waals surface area contributed by atoms with Gasteiger partial charge in [0.1, 0.15) is 5.54 Å². The fourth-order valence-corrected chi connectivity index (χ4v) is 1.85. The van der Waals surface area contributed by atoms with Crippen LogP contribution in [-0.4, -0.2) is 29.0 Å². The molecule has 0 atom stereocenters. The highest BCUT2D eigenvalue weighted by atomic mass is 79.9. The minimum atomic E-state index is -1.04. The molecule has 1 rings (SSSR count). The summed E-state index contributed by atoms with van der Waals surface area (Å²) in [4.78, 5) is 27.6. The van der Waals surface area contributed by atoms with E-state index in [0.29, 0.717) is 5.69 Å². The summed E-state index contributed by atoms with van der Waals surface area (Å²) in [7, 11) is 0. The smallest absolute Gasteiger partial charge is 0.331 e. The Morgan fingerprint density at radius 2 is 2.16 bits per heavy atom. The number of halogens is 1. The fourth-order valence-electron chi connectivity index (χ4n) is 1.47. The van der Waals surface area contributed by atoms with Crippen LogP contribution < -0.4 is 5.32 Å². The second kappa shape index (κ2) is 6.65. The molecule has 1 aromatic rings. The van der Waals surface area contributed by atoms with E-state index in [1.165, 1.54) is 0 Å². The predicted octanol–water partition coefficient (Wildman–Crippen LogP) is 1.84. The Bertz CT molecular complexity index is 475. The summed E-state index contributed by atoms with van der Waals surface area (Å²) in [5.74, 6) is -0.728. The summed E-state index contributed by atoms with van der Waals surface area (Å²) in [6, 6.07) is 3.54. The Balaban J connectivity index is 2.62. The van der Waals surface area contributed by atoms with Crippen molar-refractivity contribution in [1.82, 2.24) is 10.3 Å². The van der Waals surface area contributed by atoms with Gasteiger partial charge in [0.15, 0.2) is 0 Å². The van der Waals surface area contributed by atoms with E-state index in [1.54, 1.807) is 39.1 Å². The highest BCUT2D eigenvalue weighted by Gasteiger charge is 2.30. The number of carbonyl (C=O) groups is 2. The summed E-state index contributed by atoms with van der Waals surface area (Å²) in [6.07, 6.45) is 1.73. The van der Waals surface area contributed by atoms with Crippen molar-refractivity contribution < 1.29 is 14.3 Å². The fraction of sp³-hybridized carbons (Fsp3) is 0.462. The van der Waals surface area contributed by atoms with Crippen molar-refractivity contribution >= 4 is 27.8 Å². The molecule has 0 fully saturated rings. The monoisotopic (exact) mass is 328 g/mol. The number of esters is 1. The lowest BCUT2D eigenvalue weighted by molar-refractivity contribution is -0.151. The molecule has 0 aliphatic heterocycles. The highest BCUT2D eigenvalue weighted by Crippen LogP contribution is 2.10. The molecule has 104 valence electrons. The van der Waals surface area contributed by atoms with E-state index in [-0.39, 0.29) is 18.9 Å². The molecule has 0 aliphatic carbocycles. The number of carbonyl (C=O) groups excluding carboxylic acids is 2. The summed E-state index contributed by atoms with van der Waals surface area (Å²) < 4.78 is 5.76. The third kappa shape index (κ3) is 4.98. The molecule has 0 unspecified atom stereocenters. The first-order valence-electron chi connectivity index (χ1n) is 5.94. The van der Waals surface area contributed by atoms with E-state index in [0.717, 1.165) is 4.47 Å². The van der Waals surface area contributed by atoms with Gasteiger partial charge in [0.05, 0.1) is 18.7 Å². The lowest BCUT2D eigenvalue weighted by atomic mass is 10.1. The summed E-state index contributed by atoms with van der Waals surface area (Å²) in [5, 5.41) is 2.64. The second-order valence-corrected chi connectivity index (χ2v) is 5.45. The highest BCUT2D eigenvalue weighted by molar-refractivity contribution is 9.10. The maximum Gasteiger partial charge on any atom is 0.331 e. The van der Waals surface area contributed by atoms with Crippen molar-refractivity contribution in [3.05, 3.63) is 28.5 Å². The van der Waals surface area contributed by atoms with Gasteiger partial charge in [0, 0.05) is 10.7 Å². The number of nitrogens with zero attached hydrogens (tertiary/aromatic N) is 1. The second-order valence-electron chi connectivity index (χ2n) is 4.54. The maximum atomic E-state index is 11.9. The van der Waals surface area contributed by atoms with Gasteiger partial charge in [-0.2, -0.15) is 0 Å². The topological polar surface area (TPSA) is 68.3 Å². The van der Waals surface area contributed by atoms with Crippen LogP contribution in [0.4, 0.5) is 0 Å². The molecule has 6 heteroatoms. The zero-order chi connectivity index (χ0) is 14.5. The van der Waals surface area contributed by atoms with Gasteiger partial charge >= 0.3 is 5.97 Å². The Hall–Kier alpha value is -1.43. The summed E-state index contributed by atoms with van der Waals surface area (Å²) in [5.41, 5.74) is -0.412. The quantitative estimate of drug-likeness (QED) is 0.837. The first kappa shape index (κ1) is 15.6. The van der Waals surface area contributed by atoms with Crippen LogP contribution in [-0.2, 0) is 20.7 Å². The summed E-state index contributed by atoms with van der Waals surface area (Å²) >= 11 is 3.31. The Kier molecular flexibility index (Phi) is 5.47. The molecule has 0 aliphatic rings. The molecule has 1 amide bonds. The molecule has 1 aromatic heterocycles. The lowest BCUT2D eigenvalue weighted by Crippen LogP contribution is -2.51. The van der Waals surface area contributed by atoms with Crippen LogP contribution in [0.3, 0.4) is 0 Å². The van der Waals surface area contributed by atoms with E-state index < -0.39 is 11.5 Å². The molecule has 5 nitrogen and oxygen atoms in total. The zero-order valence-electron chi connectivity index (χ0n) is 11.2. The van der Waals surface area contributed by atoms with Gasteiger partial charge in [-0.05, 0) is 32.9 Å². The molecule has 19 heavy (non-hydrogen) atoms.